The van der Waals surface area contributed by atoms with Crippen molar-refractivity contribution < 1.29 is 4.79 Å². The third-order valence-corrected chi connectivity index (χ3v) is 4.73. The zero-order valence-corrected chi connectivity index (χ0v) is 14.9. The molecule has 3 aromatic carbocycles. The largest absolute Gasteiger partial charge is 0.321 e. The van der Waals surface area contributed by atoms with E-state index < -0.39 is 0 Å². The molecule has 0 saturated heterocycles. The minimum Gasteiger partial charge on any atom is -0.321 e. The molecule has 0 aliphatic carbocycles. The SMILES string of the molecule is Cc1ccccc1C(=O)N=C1c2ccccc2CN1c1ccc(C#N)cc1. The Hall–Kier alpha value is -3.71. The van der Waals surface area contributed by atoms with E-state index in [9.17, 15) is 4.79 Å². The Morgan fingerprint density at radius 1 is 1.00 bits per heavy atom. The van der Waals surface area contributed by atoms with Gasteiger partial charge in [-0.2, -0.15) is 10.3 Å². The van der Waals surface area contributed by atoms with Crippen LogP contribution >= 0.6 is 0 Å². The molecule has 4 heteroatoms. The van der Waals surface area contributed by atoms with E-state index in [1.165, 1.54) is 0 Å². The lowest BCUT2D eigenvalue weighted by Gasteiger charge is -2.19. The van der Waals surface area contributed by atoms with Crippen molar-refractivity contribution >= 4 is 17.4 Å². The van der Waals surface area contributed by atoms with E-state index in [1.807, 2.05) is 66.4 Å². The number of anilines is 1. The molecule has 0 bridgehead atoms. The van der Waals surface area contributed by atoms with Crippen molar-refractivity contribution in [1.82, 2.24) is 0 Å². The average molecular weight is 351 g/mol. The van der Waals surface area contributed by atoms with Crippen LogP contribution in [0.25, 0.3) is 0 Å². The number of aliphatic imine (C=N–C) groups is 1. The summed E-state index contributed by atoms with van der Waals surface area (Å²) in [5, 5.41) is 9.03. The number of amides is 1. The van der Waals surface area contributed by atoms with Gasteiger partial charge >= 0.3 is 0 Å². The van der Waals surface area contributed by atoms with Gasteiger partial charge in [0, 0.05) is 16.8 Å². The molecule has 27 heavy (non-hydrogen) atoms. The molecule has 0 fully saturated rings. The van der Waals surface area contributed by atoms with Crippen LogP contribution in [0.4, 0.5) is 5.69 Å². The van der Waals surface area contributed by atoms with Crippen LogP contribution in [0.2, 0.25) is 0 Å². The zero-order chi connectivity index (χ0) is 18.8. The summed E-state index contributed by atoms with van der Waals surface area (Å²) < 4.78 is 0. The van der Waals surface area contributed by atoms with Gasteiger partial charge in [-0.15, -0.1) is 0 Å². The number of aryl methyl sites for hydroxylation is 1. The van der Waals surface area contributed by atoms with Crippen LogP contribution in [-0.4, -0.2) is 11.7 Å². The van der Waals surface area contributed by atoms with E-state index in [0.29, 0.717) is 23.5 Å². The summed E-state index contributed by atoms with van der Waals surface area (Å²) in [6, 6.07) is 24.9. The van der Waals surface area contributed by atoms with E-state index in [4.69, 9.17) is 5.26 Å². The molecule has 0 atom stereocenters. The Morgan fingerprint density at radius 2 is 1.70 bits per heavy atom. The quantitative estimate of drug-likeness (QED) is 0.684. The number of fused-ring (bicyclic) bond motifs is 1. The first-order valence-electron chi connectivity index (χ1n) is 8.72. The first-order valence-corrected chi connectivity index (χ1v) is 8.72. The number of rotatable bonds is 2. The van der Waals surface area contributed by atoms with Gasteiger partial charge in [0.15, 0.2) is 0 Å². The third-order valence-electron chi connectivity index (χ3n) is 4.73. The van der Waals surface area contributed by atoms with Crippen molar-refractivity contribution in [2.75, 3.05) is 4.90 Å². The predicted octanol–water partition coefficient (Wildman–Crippen LogP) is 4.47. The fourth-order valence-electron chi connectivity index (χ4n) is 3.29. The maximum absolute atomic E-state index is 12.9. The Bertz CT molecular complexity index is 1090. The van der Waals surface area contributed by atoms with Crippen molar-refractivity contribution in [1.29, 1.82) is 5.26 Å². The molecular formula is C23H17N3O. The Labute approximate surface area is 158 Å². The lowest BCUT2D eigenvalue weighted by molar-refractivity contribution is 0.100. The first kappa shape index (κ1) is 16.7. The molecule has 130 valence electrons. The van der Waals surface area contributed by atoms with Crippen LogP contribution < -0.4 is 4.90 Å². The van der Waals surface area contributed by atoms with Gasteiger partial charge in [0.1, 0.15) is 5.84 Å². The summed E-state index contributed by atoms with van der Waals surface area (Å²) in [4.78, 5) is 19.4. The summed E-state index contributed by atoms with van der Waals surface area (Å²) in [5.41, 5.74) is 5.10. The Morgan fingerprint density at radius 3 is 2.44 bits per heavy atom. The number of benzene rings is 3. The van der Waals surface area contributed by atoms with Gasteiger partial charge in [0.2, 0.25) is 0 Å². The minimum atomic E-state index is -0.251. The standard InChI is InChI=1S/C23H17N3O/c1-16-6-2-4-8-20(16)23(27)25-22-21-9-5-3-7-18(21)15-26(22)19-12-10-17(14-24)11-13-19/h2-13H,15H2,1H3. The molecule has 3 aromatic rings. The van der Waals surface area contributed by atoms with Crippen LogP contribution in [0.15, 0.2) is 77.8 Å². The van der Waals surface area contributed by atoms with Gasteiger partial charge in [-0.1, -0.05) is 42.5 Å². The number of nitrogens with zero attached hydrogens (tertiary/aromatic N) is 3. The molecular weight excluding hydrogens is 334 g/mol. The molecule has 1 heterocycles. The zero-order valence-electron chi connectivity index (χ0n) is 14.9. The smallest absolute Gasteiger partial charge is 0.279 e. The monoisotopic (exact) mass is 351 g/mol. The molecule has 1 aliphatic heterocycles. The molecule has 1 amide bonds. The summed E-state index contributed by atoms with van der Waals surface area (Å²) >= 11 is 0. The molecule has 0 unspecified atom stereocenters. The molecule has 0 saturated carbocycles. The van der Waals surface area contributed by atoms with Gasteiger partial charge < -0.3 is 4.90 Å². The summed E-state index contributed by atoms with van der Waals surface area (Å²) in [6.07, 6.45) is 0. The summed E-state index contributed by atoms with van der Waals surface area (Å²) in [5.74, 6) is 0.391. The second-order valence-corrected chi connectivity index (χ2v) is 6.46. The number of amidine groups is 1. The normalized spacial score (nSPS) is 14.1. The predicted molar refractivity (Wildman–Crippen MR) is 106 cm³/mol. The van der Waals surface area contributed by atoms with Gasteiger partial charge in [-0.25, -0.2) is 0 Å². The van der Waals surface area contributed by atoms with Crippen LogP contribution in [0.5, 0.6) is 0 Å². The highest BCUT2D eigenvalue weighted by atomic mass is 16.1. The topological polar surface area (TPSA) is 56.5 Å². The highest BCUT2D eigenvalue weighted by Crippen LogP contribution is 2.29. The lowest BCUT2D eigenvalue weighted by atomic mass is 10.1. The van der Waals surface area contributed by atoms with Gasteiger partial charge in [0.05, 0.1) is 18.2 Å². The maximum Gasteiger partial charge on any atom is 0.279 e. The van der Waals surface area contributed by atoms with Gasteiger partial charge in [0.25, 0.3) is 5.91 Å². The number of nitriles is 1. The molecule has 0 radical (unpaired) electrons. The van der Waals surface area contributed by atoms with E-state index in [-0.39, 0.29) is 5.91 Å². The molecule has 0 spiro atoms. The fourth-order valence-corrected chi connectivity index (χ4v) is 3.29. The number of hydrogen-bond acceptors (Lipinski definition) is 2. The number of carbonyl (C=O) groups is 1. The van der Waals surface area contributed by atoms with Crippen molar-refractivity contribution in [3.05, 3.63) is 101 Å². The number of carbonyl (C=O) groups excluding carboxylic acids is 1. The molecule has 0 aromatic heterocycles. The van der Waals surface area contributed by atoms with Crippen molar-refractivity contribution in [3.63, 3.8) is 0 Å². The second kappa shape index (κ2) is 6.89. The highest BCUT2D eigenvalue weighted by molar-refractivity contribution is 6.19. The molecule has 0 N–H and O–H groups in total. The van der Waals surface area contributed by atoms with Crippen molar-refractivity contribution in [2.24, 2.45) is 4.99 Å². The van der Waals surface area contributed by atoms with E-state index >= 15 is 0 Å². The third kappa shape index (κ3) is 3.11. The minimum absolute atomic E-state index is 0.251. The van der Waals surface area contributed by atoms with E-state index in [2.05, 4.69) is 11.1 Å². The maximum atomic E-state index is 12.9. The first-order chi connectivity index (χ1) is 13.2. The summed E-state index contributed by atoms with van der Waals surface area (Å²) in [6.45, 7) is 2.55. The Kier molecular flexibility index (Phi) is 4.27. The van der Waals surface area contributed by atoms with Crippen LogP contribution in [0.1, 0.15) is 32.6 Å². The lowest BCUT2D eigenvalue weighted by Crippen LogP contribution is -2.25. The van der Waals surface area contributed by atoms with E-state index in [0.717, 1.165) is 22.4 Å². The Balaban J connectivity index is 1.79. The fraction of sp³-hybridized carbons (Fsp3) is 0.0870. The summed E-state index contributed by atoms with van der Waals surface area (Å²) in [7, 11) is 0. The molecule has 4 nitrogen and oxygen atoms in total. The molecule has 4 rings (SSSR count). The molecule has 1 aliphatic rings. The highest BCUT2D eigenvalue weighted by Gasteiger charge is 2.27. The van der Waals surface area contributed by atoms with Gasteiger partial charge in [-0.3, -0.25) is 4.79 Å². The van der Waals surface area contributed by atoms with E-state index in [1.54, 1.807) is 18.2 Å². The van der Waals surface area contributed by atoms with Crippen LogP contribution in [-0.2, 0) is 6.54 Å². The average Bonchev–Trinajstić information content (AvgIpc) is 3.07. The van der Waals surface area contributed by atoms with Crippen LogP contribution in [0.3, 0.4) is 0 Å². The van der Waals surface area contributed by atoms with Crippen molar-refractivity contribution in [2.45, 2.75) is 13.5 Å². The van der Waals surface area contributed by atoms with Crippen molar-refractivity contribution in [3.8, 4) is 6.07 Å². The number of hydrogen-bond donors (Lipinski definition) is 0. The van der Waals surface area contributed by atoms with Crippen LogP contribution in [0, 0.1) is 18.3 Å². The second-order valence-electron chi connectivity index (χ2n) is 6.46. The van der Waals surface area contributed by atoms with Gasteiger partial charge in [-0.05, 0) is 48.4 Å².